The summed E-state index contributed by atoms with van der Waals surface area (Å²) in [6.07, 6.45) is -10.9. The first-order chi connectivity index (χ1) is 9.50. The number of esters is 1. The number of hydrogen-bond acceptors (Lipinski definition) is 9. The number of hydrogen-bond donors (Lipinski definition) is 7. The second kappa shape index (κ2) is 7.85. The Morgan fingerprint density at radius 1 is 0.905 bits per heavy atom. The fourth-order valence-corrected chi connectivity index (χ4v) is 1.19. The van der Waals surface area contributed by atoms with Gasteiger partial charge in [-0.05, 0) is 6.92 Å². The van der Waals surface area contributed by atoms with E-state index in [0.717, 1.165) is 6.92 Å². The predicted octanol–water partition coefficient (Wildman–Crippen LogP) is -4.14. The van der Waals surface area contributed by atoms with Crippen molar-refractivity contribution < 1.29 is 49.8 Å². The Hall–Kier alpha value is -1.79. The number of aliphatic carboxylic acids is 2. The zero-order valence-electron chi connectivity index (χ0n) is 10.9. The SMILES string of the molecule is CC(OC(=O)C(O)C(O)C(O)C(O)C(=O)O)C(N)C(=O)O. The van der Waals surface area contributed by atoms with Gasteiger partial charge in [-0.2, -0.15) is 0 Å². The first-order valence-corrected chi connectivity index (χ1v) is 5.64. The number of aliphatic hydroxyl groups excluding tert-OH is 4. The summed E-state index contributed by atoms with van der Waals surface area (Å²) >= 11 is 0. The van der Waals surface area contributed by atoms with Gasteiger partial charge in [0.05, 0.1) is 0 Å². The van der Waals surface area contributed by atoms with E-state index in [4.69, 9.17) is 21.1 Å². The Morgan fingerprint density at radius 3 is 1.71 bits per heavy atom. The van der Waals surface area contributed by atoms with Crippen molar-refractivity contribution in [2.24, 2.45) is 5.73 Å². The van der Waals surface area contributed by atoms with Crippen LogP contribution in [-0.4, -0.2) is 85.1 Å². The van der Waals surface area contributed by atoms with E-state index in [9.17, 15) is 29.7 Å². The van der Waals surface area contributed by atoms with Gasteiger partial charge in [0.15, 0.2) is 12.2 Å². The van der Waals surface area contributed by atoms with E-state index in [-0.39, 0.29) is 0 Å². The smallest absolute Gasteiger partial charge is 0.338 e. The third kappa shape index (κ3) is 5.24. The molecule has 11 heteroatoms. The lowest BCUT2D eigenvalue weighted by atomic mass is 10.0. The van der Waals surface area contributed by atoms with Crippen molar-refractivity contribution in [2.45, 2.75) is 43.5 Å². The Labute approximate surface area is 118 Å². The Bertz CT molecular complexity index is 399. The lowest BCUT2D eigenvalue weighted by Gasteiger charge is -2.25. The topological polar surface area (TPSA) is 208 Å². The summed E-state index contributed by atoms with van der Waals surface area (Å²) in [5, 5.41) is 53.9. The van der Waals surface area contributed by atoms with E-state index in [1.54, 1.807) is 0 Å². The summed E-state index contributed by atoms with van der Waals surface area (Å²) in [5.74, 6) is -4.90. The molecule has 0 saturated carbocycles. The number of rotatable bonds is 8. The molecule has 0 aliphatic rings. The van der Waals surface area contributed by atoms with Gasteiger partial charge in [-0.25, -0.2) is 9.59 Å². The monoisotopic (exact) mass is 311 g/mol. The number of carbonyl (C=O) groups excluding carboxylic acids is 1. The quantitative estimate of drug-likeness (QED) is 0.214. The van der Waals surface area contributed by atoms with Crippen molar-refractivity contribution >= 4 is 17.9 Å². The third-order valence-electron chi connectivity index (χ3n) is 2.58. The van der Waals surface area contributed by atoms with E-state index in [1.807, 2.05) is 0 Å². The fraction of sp³-hybridized carbons (Fsp3) is 0.700. The molecule has 0 fully saturated rings. The number of aliphatic hydroxyl groups is 4. The number of nitrogens with two attached hydrogens (primary N) is 1. The van der Waals surface area contributed by atoms with Gasteiger partial charge < -0.3 is 41.1 Å². The summed E-state index contributed by atoms with van der Waals surface area (Å²) in [5.41, 5.74) is 5.14. The van der Waals surface area contributed by atoms with Crippen LogP contribution in [-0.2, 0) is 19.1 Å². The van der Waals surface area contributed by atoms with Gasteiger partial charge in [0.2, 0.25) is 0 Å². The van der Waals surface area contributed by atoms with Gasteiger partial charge in [0.1, 0.15) is 24.4 Å². The van der Waals surface area contributed by atoms with Gasteiger partial charge in [0.25, 0.3) is 0 Å². The van der Waals surface area contributed by atoms with Crippen molar-refractivity contribution in [3.8, 4) is 0 Å². The summed E-state index contributed by atoms with van der Waals surface area (Å²) in [6, 6.07) is -1.59. The Kier molecular flexibility index (Phi) is 7.18. The van der Waals surface area contributed by atoms with Crippen molar-refractivity contribution in [1.29, 1.82) is 0 Å². The maximum absolute atomic E-state index is 11.4. The molecule has 0 aliphatic carbocycles. The highest BCUT2D eigenvalue weighted by Gasteiger charge is 2.39. The lowest BCUT2D eigenvalue weighted by molar-refractivity contribution is -0.180. The van der Waals surface area contributed by atoms with Crippen LogP contribution in [0.1, 0.15) is 6.92 Å². The molecule has 6 unspecified atom stereocenters. The van der Waals surface area contributed by atoms with Crippen molar-refractivity contribution in [3.63, 3.8) is 0 Å². The van der Waals surface area contributed by atoms with Gasteiger partial charge in [-0.15, -0.1) is 0 Å². The molecule has 21 heavy (non-hydrogen) atoms. The average molecular weight is 311 g/mol. The minimum atomic E-state index is -2.44. The Balaban J connectivity index is 4.70. The molecule has 8 N–H and O–H groups in total. The molecule has 6 atom stereocenters. The van der Waals surface area contributed by atoms with E-state index in [2.05, 4.69) is 4.74 Å². The standard InChI is InChI=1S/C10H17NO10/c1-2(3(11)8(16)17)21-10(20)7(15)5(13)4(12)6(14)9(18)19/h2-7,12-15H,11H2,1H3,(H,16,17)(H,18,19). The molecule has 0 rings (SSSR count). The Morgan fingerprint density at radius 2 is 1.33 bits per heavy atom. The predicted molar refractivity (Wildman–Crippen MR) is 62.8 cm³/mol. The van der Waals surface area contributed by atoms with Crippen LogP contribution in [0.25, 0.3) is 0 Å². The zero-order chi connectivity index (χ0) is 16.9. The molecule has 122 valence electrons. The fourth-order valence-electron chi connectivity index (χ4n) is 1.19. The number of carbonyl (C=O) groups is 3. The van der Waals surface area contributed by atoms with E-state index < -0.39 is 54.5 Å². The molecular weight excluding hydrogens is 294 g/mol. The molecular formula is C10H17NO10. The van der Waals surface area contributed by atoms with Gasteiger partial charge in [-0.1, -0.05) is 0 Å². The lowest BCUT2D eigenvalue weighted by Crippen LogP contribution is -2.52. The molecule has 0 heterocycles. The highest BCUT2D eigenvalue weighted by molar-refractivity contribution is 5.78. The van der Waals surface area contributed by atoms with Crippen LogP contribution in [0.4, 0.5) is 0 Å². The molecule has 0 amide bonds. The summed E-state index contributed by atoms with van der Waals surface area (Å²) in [4.78, 5) is 32.3. The summed E-state index contributed by atoms with van der Waals surface area (Å²) in [6.45, 7) is 1.11. The second-order valence-electron chi connectivity index (χ2n) is 4.22. The molecule has 11 nitrogen and oxygen atoms in total. The minimum absolute atomic E-state index is 1.11. The summed E-state index contributed by atoms with van der Waals surface area (Å²) < 4.78 is 4.45. The minimum Gasteiger partial charge on any atom is -0.480 e. The first-order valence-electron chi connectivity index (χ1n) is 5.64. The number of ether oxygens (including phenoxy) is 1. The third-order valence-corrected chi connectivity index (χ3v) is 2.58. The van der Waals surface area contributed by atoms with Crippen molar-refractivity contribution in [3.05, 3.63) is 0 Å². The molecule has 0 aromatic carbocycles. The maximum Gasteiger partial charge on any atom is 0.338 e. The molecule has 0 radical (unpaired) electrons. The molecule has 0 bridgehead atoms. The van der Waals surface area contributed by atoms with Gasteiger partial charge >= 0.3 is 17.9 Å². The van der Waals surface area contributed by atoms with Crippen molar-refractivity contribution in [1.82, 2.24) is 0 Å². The largest absolute Gasteiger partial charge is 0.480 e. The highest BCUT2D eigenvalue weighted by atomic mass is 16.6. The number of carboxylic acid groups (broad SMARTS) is 2. The van der Waals surface area contributed by atoms with Gasteiger partial charge in [0, 0.05) is 0 Å². The van der Waals surface area contributed by atoms with Crippen LogP contribution in [0.3, 0.4) is 0 Å². The van der Waals surface area contributed by atoms with E-state index in [0.29, 0.717) is 0 Å². The first kappa shape index (κ1) is 19.2. The van der Waals surface area contributed by atoms with Crippen LogP contribution >= 0.6 is 0 Å². The maximum atomic E-state index is 11.4. The normalized spacial score (nSPS) is 19.7. The van der Waals surface area contributed by atoms with Crippen LogP contribution in [0.15, 0.2) is 0 Å². The highest BCUT2D eigenvalue weighted by Crippen LogP contribution is 2.09. The molecule has 0 aromatic rings. The van der Waals surface area contributed by atoms with Crippen LogP contribution < -0.4 is 5.73 Å². The summed E-state index contributed by atoms with van der Waals surface area (Å²) in [7, 11) is 0. The average Bonchev–Trinajstić information content (AvgIpc) is 2.42. The van der Waals surface area contributed by atoms with Crippen LogP contribution in [0.5, 0.6) is 0 Å². The second-order valence-corrected chi connectivity index (χ2v) is 4.22. The zero-order valence-corrected chi connectivity index (χ0v) is 10.9. The molecule has 0 spiro atoms. The number of carboxylic acids is 2. The van der Waals surface area contributed by atoms with Crippen LogP contribution in [0.2, 0.25) is 0 Å². The van der Waals surface area contributed by atoms with E-state index >= 15 is 0 Å². The molecule has 0 aliphatic heterocycles. The van der Waals surface area contributed by atoms with E-state index in [1.165, 1.54) is 0 Å². The molecule has 0 saturated heterocycles. The molecule has 0 aromatic heterocycles. The van der Waals surface area contributed by atoms with Gasteiger partial charge in [-0.3, -0.25) is 4.79 Å². The van der Waals surface area contributed by atoms with Crippen LogP contribution in [0, 0.1) is 0 Å². The van der Waals surface area contributed by atoms with Crippen molar-refractivity contribution in [2.75, 3.05) is 0 Å².